The number of piperidine rings is 1. The van der Waals surface area contributed by atoms with E-state index in [0.29, 0.717) is 18.7 Å². The zero-order chi connectivity index (χ0) is 16.9. The highest BCUT2D eigenvalue weighted by molar-refractivity contribution is 5.77. The molecule has 1 aromatic heterocycles. The topological polar surface area (TPSA) is 54.9 Å². The normalized spacial score (nSPS) is 25.5. The number of carbonyl (C=O) groups is 1. The van der Waals surface area contributed by atoms with Crippen molar-refractivity contribution in [2.24, 2.45) is 0 Å². The minimum atomic E-state index is 0.111. The summed E-state index contributed by atoms with van der Waals surface area (Å²) in [6, 6.07) is 4.95. The zero-order valence-corrected chi connectivity index (χ0v) is 14.6. The van der Waals surface area contributed by atoms with Gasteiger partial charge in [0.25, 0.3) is 0 Å². The Labute approximate surface area is 143 Å². The highest BCUT2D eigenvalue weighted by Crippen LogP contribution is 2.39. The van der Waals surface area contributed by atoms with Crippen molar-refractivity contribution in [2.45, 2.75) is 38.0 Å². The SMILES string of the molecule is CCOCC(=O)N1CCC(N2C[C@H](OC)[C@@H]2c2ccncc2)CC1. The lowest BCUT2D eigenvalue weighted by Crippen LogP contribution is -2.60. The number of nitrogens with zero attached hydrogens (tertiary/aromatic N) is 3. The Morgan fingerprint density at radius 3 is 2.62 bits per heavy atom. The van der Waals surface area contributed by atoms with Crippen molar-refractivity contribution < 1.29 is 14.3 Å². The molecule has 0 radical (unpaired) electrons. The van der Waals surface area contributed by atoms with Gasteiger partial charge in [0.15, 0.2) is 0 Å². The van der Waals surface area contributed by atoms with E-state index in [0.717, 1.165) is 32.5 Å². The van der Waals surface area contributed by atoms with Crippen LogP contribution in [0.15, 0.2) is 24.5 Å². The summed E-state index contributed by atoms with van der Waals surface area (Å²) in [6.45, 7) is 5.29. The number of rotatable bonds is 6. The van der Waals surface area contributed by atoms with Crippen LogP contribution in [0, 0.1) is 0 Å². The van der Waals surface area contributed by atoms with Crippen molar-refractivity contribution >= 4 is 5.91 Å². The maximum absolute atomic E-state index is 12.1. The van der Waals surface area contributed by atoms with Crippen LogP contribution in [0.3, 0.4) is 0 Å². The maximum Gasteiger partial charge on any atom is 0.248 e. The Hall–Kier alpha value is -1.50. The third kappa shape index (κ3) is 3.61. The summed E-state index contributed by atoms with van der Waals surface area (Å²) in [7, 11) is 1.78. The van der Waals surface area contributed by atoms with Gasteiger partial charge in [0, 0.05) is 51.8 Å². The molecule has 3 heterocycles. The highest BCUT2D eigenvalue weighted by atomic mass is 16.5. The first-order valence-electron chi connectivity index (χ1n) is 8.78. The second-order valence-corrected chi connectivity index (χ2v) is 6.45. The van der Waals surface area contributed by atoms with E-state index in [2.05, 4.69) is 22.0 Å². The van der Waals surface area contributed by atoms with Gasteiger partial charge >= 0.3 is 0 Å². The van der Waals surface area contributed by atoms with Crippen LogP contribution in [-0.2, 0) is 14.3 Å². The van der Waals surface area contributed by atoms with Gasteiger partial charge in [-0.25, -0.2) is 0 Å². The molecule has 1 aromatic rings. The van der Waals surface area contributed by atoms with Gasteiger partial charge in [0.2, 0.25) is 5.91 Å². The van der Waals surface area contributed by atoms with E-state index in [1.165, 1.54) is 5.56 Å². The Bertz CT molecular complexity index is 532. The lowest BCUT2D eigenvalue weighted by atomic mass is 9.87. The smallest absolute Gasteiger partial charge is 0.248 e. The number of hydrogen-bond donors (Lipinski definition) is 0. The van der Waals surface area contributed by atoms with Gasteiger partial charge in [0.05, 0.1) is 12.1 Å². The molecule has 6 nitrogen and oxygen atoms in total. The molecule has 2 atom stereocenters. The minimum Gasteiger partial charge on any atom is -0.378 e. The molecule has 2 fully saturated rings. The molecule has 0 N–H and O–H groups in total. The zero-order valence-electron chi connectivity index (χ0n) is 14.6. The number of likely N-dealkylation sites (tertiary alicyclic amines) is 2. The predicted octanol–water partition coefficient (Wildman–Crippen LogP) is 1.48. The first-order valence-corrected chi connectivity index (χ1v) is 8.78. The van der Waals surface area contributed by atoms with Crippen molar-refractivity contribution in [1.82, 2.24) is 14.8 Å². The van der Waals surface area contributed by atoms with Gasteiger partial charge in [-0.1, -0.05) is 0 Å². The average molecular weight is 333 g/mol. The molecule has 132 valence electrons. The van der Waals surface area contributed by atoms with Crippen LogP contribution < -0.4 is 0 Å². The van der Waals surface area contributed by atoms with Crippen LogP contribution in [0.2, 0.25) is 0 Å². The molecule has 24 heavy (non-hydrogen) atoms. The summed E-state index contributed by atoms with van der Waals surface area (Å²) in [4.78, 5) is 20.6. The lowest BCUT2D eigenvalue weighted by Gasteiger charge is -2.53. The number of methoxy groups -OCH3 is 1. The Morgan fingerprint density at radius 1 is 1.29 bits per heavy atom. The average Bonchev–Trinajstić information content (AvgIpc) is 2.60. The van der Waals surface area contributed by atoms with Crippen LogP contribution >= 0.6 is 0 Å². The van der Waals surface area contributed by atoms with Crippen LogP contribution in [0.5, 0.6) is 0 Å². The Morgan fingerprint density at radius 2 is 2.00 bits per heavy atom. The van der Waals surface area contributed by atoms with Gasteiger partial charge in [-0.2, -0.15) is 0 Å². The van der Waals surface area contributed by atoms with Crippen LogP contribution in [0.4, 0.5) is 0 Å². The van der Waals surface area contributed by atoms with E-state index in [9.17, 15) is 4.79 Å². The number of hydrogen-bond acceptors (Lipinski definition) is 5. The summed E-state index contributed by atoms with van der Waals surface area (Å²) in [5, 5.41) is 0. The van der Waals surface area contributed by atoms with E-state index >= 15 is 0 Å². The van der Waals surface area contributed by atoms with Crippen molar-refractivity contribution in [1.29, 1.82) is 0 Å². The summed E-state index contributed by atoms with van der Waals surface area (Å²) in [5.41, 5.74) is 1.26. The first kappa shape index (κ1) is 17.3. The van der Waals surface area contributed by atoms with Crippen LogP contribution in [-0.4, -0.2) is 72.8 Å². The van der Waals surface area contributed by atoms with Gasteiger partial charge in [0.1, 0.15) is 6.61 Å². The highest BCUT2D eigenvalue weighted by Gasteiger charge is 2.44. The molecular weight excluding hydrogens is 306 g/mol. The van der Waals surface area contributed by atoms with Crippen LogP contribution in [0.1, 0.15) is 31.4 Å². The van der Waals surface area contributed by atoms with E-state index in [1.807, 2.05) is 24.2 Å². The van der Waals surface area contributed by atoms with Gasteiger partial charge < -0.3 is 14.4 Å². The number of pyridine rings is 1. The molecule has 1 amide bonds. The fourth-order valence-corrected chi connectivity index (χ4v) is 3.77. The van der Waals surface area contributed by atoms with Crippen LogP contribution in [0.25, 0.3) is 0 Å². The van der Waals surface area contributed by atoms with E-state index in [-0.39, 0.29) is 18.6 Å². The first-order chi connectivity index (χ1) is 11.7. The fourth-order valence-electron chi connectivity index (χ4n) is 3.77. The molecule has 2 saturated heterocycles. The van der Waals surface area contributed by atoms with E-state index in [1.54, 1.807) is 7.11 Å². The van der Waals surface area contributed by atoms with Crippen molar-refractivity contribution in [3.05, 3.63) is 30.1 Å². The van der Waals surface area contributed by atoms with Crippen molar-refractivity contribution in [3.8, 4) is 0 Å². The second kappa shape index (κ2) is 8.05. The number of ether oxygens (including phenoxy) is 2. The van der Waals surface area contributed by atoms with Gasteiger partial charge in [-0.05, 0) is 37.5 Å². The third-order valence-electron chi connectivity index (χ3n) is 5.17. The number of aromatic nitrogens is 1. The molecule has 6 heteroatoms. The number of amides is 1. The molecule has 3 rings (SSSR count). The molecule has 2 aliphatic rings. The van der Waals surface area contributed by atoms with E-state index < -0.39 is 0 Å². The molecular formula is C18H27N3O3. The molecule has 0 saturated carbocycles. The Balaban J connectivity index is 1.57. The lowest BCUT2D eigenvalue weighted by molar-refractivity contribution is -0.141. The summed E-state index contributed by atoms with van der Waals surface area (Å²) in [6.07, 6.45) is 5.94. The van der Waals surface area contributed by atoms with E-state index in [4.69, 9.17) is 9.47 Å². The monoisotopic (exact) mass is 333 g/mol. The Kier molecular flexibility index (Phi) is 5.81. The summed E-state index contributed by atoms with van der Waals surface area (Å²) >= 11 is 0. The van der Waals surface area contributed by atoms with Gasteiger partial charge in [-0.3, -0.25) is 14.7 Å². The molecule has 0 bridgehead atoms. The standard InChI is InChI=1S/C18H27N3O3/c1-3-24-13-17(22)20-10-6-15(7-11-20)21-12-16(23-2)18(21)14-4-8-19-9-5-14/h4-5,8-9,15-16,18H,3,6-7,10-13H2,1-2H3/t16-,18-/m0/s1. The summed E-state index contributed by atoms with van der Waals surface area (Å²) < 4.78 is 10.9. The summed E-state index contributed by atoms with van der Waals surface area (Å²) in [5.74, 6) is 0.111. The molecule has 0 spiro atoms. The quantitative estimate of drug-likeness (QED) is 0.789. The second-order valence-electron chi connectivity index (χ2n) is 6.45. The molecule has 0 unspecified atom stereocenters. The third-order valence-corrected chi connectivity index (χ3v) is 5.17. The minimum absolute atomic E-state index is 0.111. The predicted molar refractivity (Wildman–Crippen MR) is 90.6 cm³/mol. The van der Waals surface area contributed by atoms with Gasteiger partial charge in [-0.15, -0.1) is 0 Å². The largest absolute Gasteiger partial charge is 0.378 e. The van der Waals surface area contributed by atoms with Crippen molar-refractivity contribution in [2.75, 3.05) is 40.0 Å². The number of carbonyl (C=O) groups excluding carboxylic acids is 1. The maximum atomic E-state index is 12.1. The molecule has 2 aliphatic heterocycles. The molecule has 0 aliphatic carbocycles. The molecule has 0 aromatic carbocycles. The fraction of sp³-hybridized carbons (Fsp3) is 0.667. The van der Waals surface area contributed by atoms with Crippen molar-refractivity contribution in [3.63, 3.8) is 0 Å².